The van der Waals surface area contributed by atoms with Gasteiger partial charge in [-0.3, -0.25) is 0 Å². The highest BCUT2D eigenvalue weighted by atomic mass is 32.1. The van der Waals surface area contributed by atoms with Gasteiger partial charge in [0.1, 0.15) is 16.9 Å². The van der Waals surface area contributed by atoms with Crippen molar-refractivity contribution >= 4 is 17.3 Å². The lowest BCUT2D eigenvalue weighted by Crippen LogP contribution is -2.38. The van der Waals surface area contributed by atoms with Gasteiger partial charge in [-0.15, -0.1) is 11.3 Å². The molecule has 1 heterocycles. The number of benzene rings is 1. The van der Waals surface area contributed by atoms with E-state index in [-0.39, 0.29) is 18.5 Å². The van der Waals surface area contributed by atoms with E-state index in [0.717, 1.165) is 10.7 Å². The van der Waals surface area contributed by atoms with Crippen molar-refractivity contribution in [3.63, 3.8) is 0 Å². The molecule has 1 atom stereocenters. The molecule has 0 bridgehead atoms. The molecule has 2 aromatic rings. The van der Waals surface area contributed by atoms with E-state index >= 15 is 0 Å². The van der Waals surface area contributed by atoms with Crippen molar-refractivity contribution in [3.05, 3.63) is 51.2 Å². The Balaban J connectivity index is 2.12. The van der Waals surface area contributed by atoms with Crippen molar-refractivity contribution < 1.29 is 9.13 Å². The predicted octanol–water partition coefficient (Wildman–Crippen LogP) is 3.46. The molecule has 2 rings (SSSR count). The Labute approximate surface area is 163 Å². The minimum absolute atomic E-state index is 0.0358. The number of guanidine groups is 1. The molecular formula is C19H24FN5OS. The van der Waals surface area contributed by atoms with Crippen molar-refractivity contribution in [2.75, 3.05) is 20.7 Å². The van der Waals surface area contributed by atoms with Crippen LogP contribution in [0.25, 0.3) is 0 Å². The summed E-state index contributed by atoms with van der Waals surface area (Å²) < 4.78 is 19.3. The zero-order valence-corrected chi connectivity index (χ0v) is 16.8. The molecule has 0 aliphatic carbocycles. The average Bonchev–Trinajstić information content (AvgIpc) is 3.14. The second kappa shape index (κ2) is 10.00. The number of hydrogen-bond acceptors (Lipinski definition) is 5. The smallest absolute Gasteiger partial charge is 0.194 e. The Kier molecular flexibility index (Phi) is 7.70. The number of aliphatic imine (C=N–C) groups is 1. The second-order valence-electron chi connectivity index (χ2n) is 6.00. The van der Waals surface area contributed by atoms with Crippen LogP contribution in [0, 0.1) is 17.1 Å². The number of thiazole rings is 1. The van der Waals surface area contributed by atoms with Gasteiger partial charge in [0.25, 0.3) is 0 Å². The maximum absolute atomic E-state index is 14.0. The summed E-state index contributed by atoms with van der Waals surface area (Å²) in [6, 6.07) is 6.31. The molecule has 0 aliphatic rings. The van der Waals surface area contributed by atoms with Gasteiger partial charge in [0.2, 0.25) is 0 Å². The van der Waals surface area contributed by atoms with Crippen LogP contribution in [0.4, 0.5) is 4.39 Å². The fourth-order valence-electron chi connectivity index (χ4n) is 2.40. The number of rotatable bonds is 7. The van der Waals surface area contributed by atoms with E-state index < -0.39 is 0 Å². The lowest BCUT2D eigenvalue weighted by atomic mass is 10.1. The quantitative estimate of drug-likeness (QED) is 0.580. The Bertz CT molecular complexity index is 830. The average molecular weight is 390 g/mol. The summed E-state index contributed by atoms with van der Waals surface area (Å²) in [5, 5.41) is 15.1. The van der Waals surface area contributed by atoms with Gasteiger partial charge < -0.3 is 15.0 Å². The third-order valence-corrected chi connectivity index (χ3v) is 5.00. The van der Waals surface area contributed by atoms with E-state index in [4.69, 9.17) is 10.00 Å². The number of nitrogens with zero attached hydrogens (tertiary/aromatic N) is 4. The van der Waals surface area contributed by atoms with Crippen LogP contribution in [-0.4, -0.2) is 36.5 Å². The molecule has 0 saturated heterocycles. The summed E-state index contributed by atoms with van der Waals surface area (Å²) in [5.41, 5.74) is 1.73. The first-order chi connectivity index (χ1) is 13.0. The molecule has 0 spiro atoms. The monoisotopic (exact) mass is 389 g/mol. The van der Waals surface area contributed by atoms with Crippen molar-refractivity contribution in [1.82, 2.24) is 15.2 Å². The summed E-state index contributed by atoms with van der Waals surface area (Å²) in [6.45, 7) is 5.34. The maximum Gasteiger partial charge on any atom is 0.194 e. The molecule has 0 aliphatic heterocycles. The van der Waals surface area contributed by atoms with E-state index in [1.165, 1.54) is 18.2 Å². The van der Waals surface area contributed by atoms with Crippen LogP contribution < -0.4 is 5.32 Å². The minimum Gasteiger partial charge on any atom is -0.375 e. The summed E-state index contributed by atoms with van der Waals surface area (Å²) in [6.07, 6.45) is -0.0358. The predicted molar refractivity (Wildman–Crippen MR) is 105 cm³/mol. The van der Waals surface area contributed by atoms with E-state index in [1.807, 2.05) is 37.2 Å². The van der Waals surface area contributed by atoms with Crippen LogP contribution in [0.2, 0.25) is 0 Å². The van der Waals surface area contributed by atoms with Crippen LogP contribution in [0.5, 0.6) is 0 Å². The molecule has 27 heavy (non-hydrogen) atoms. The number of hydrogen-bond donors (Lipinski definition) is 1. The zero-order valence-electron chi connectivity index (χ0n) is 16.0. The molecule has 0 fully saturated rings. The first-order valence-corrected chi connectivity index (χ1v) is 9.51. The molecule has 144 valence electrons. The van der Waals surface area contributed by atoms with Crippen molar-refractivity contribution in [1.29, 1.82) is 5.26 Å². The van der Waals surface area contributed by atoms with Crippen LogP contribution >= 0.6 is 11.3 Å². The van der Waals surface area contributed by atoms with Gasteiger partial charge in [0, 0.05) is 31.6 Å². The van der Waals surface area contributed by atoms with Gasteiger partial charge in [-0.25, -0.2) is 14.4 Å². The Morgan fingerprint density at radius 3 is 2.96 bits per heavy atom. The molecule has 0 radical (unpaired) electrons. The minimum atomic E-state index is -0.367. The lowest BCUT2D eigenvalue weighted by Gasteiger charge is -2.21. The first kappa shape index (κ1) is 20.8. The number of halogens is 1. The molecule has 6 nitrogen and oxygen atoms in total. The Morgan fingerprint density at radius 1 is 1.52 bits per heavy atom. The van der Waals surface area contributed by atoms with E-state index in [2.05, 4.69) is 15.3 Å². The third-order valence-electron chi connectivity index (χ3n) is 3.94. The van der Waals surface area contributed by atoms with Gasteiger partial charge in [-0.1, -0.05) is 0 Å². The third kappa shape index (κ3) is 5.74. The van der Waals surface area contributed by atoms with Crippen molar-refractivity contribution in [2.24, 2.45) is 4.99 Å². The molecule has 8 heteroatoms. The number of nitrogens with one attached hydrogen (secondary N) is 1. The molecule has 0 saturated carbocycles. The van der Waals surface area contributed by atoms with Crippen molar-refractivity contribution in [2.45, 2.75) is 33.0 Å². The zero-order chi connectivity index (χ0) is 19.8. The molecule has 0 amide bonds. The van der Waals surface area contributed by atoms with Gasteiger partial charge in [0.15, 0.2) is 5.96 Å². The highest BCUT2D eigenvalue weighted by Crippen LogP contribution is 2.21. The van der Waals surface area contributed by atoms with Crippen LogP contribution in [0.3, 0.4) is 0 Å². The summed E-state index contributed by atoms with van der Waals surface area (Å²) in [5.74, 6) is 0.280. The van der Waals surface area contributed by atoms with Gasteiger partial charge >= 0.3 is 0 Å². The first-order valence-electron chi connectivity index (χ1n) is 8.63. The Hall–Kier alpha value is -2.50. The molecule has 1 aromatic carbocycles. The highest BCUT2D eigenvalue weighted by molar-refractivity contribution is 7.09. The van der Waals surface area contributed by atoms with Gasteiger partial charge in [0.05, 0.1) is 30.4 Å². The van der Waals surface area contributed by atoms with Gasteiger partial charge in [-0.05, 0) is 32.0 Å². The maximum atomic E-state index is 14.0. The summed E-state index contributed by atoms with van der Waals surface area (Å²) in [4.78, 5) is 11.0. The topological polar surface area (TPSA) is 73.5 Å². The standard InChI is InChI=1S/C19H24FN5OS/c1-5-22-19(23-10-15-8-14(9-21)6-7-17(15)20)25(3)11-16-12-27-18(24-16)13(2)26-4/h6-8,12-13H,5,10-11H2,1-4H3,(H,22,23). The van der Waals surface area contributed by atoms with Crippen molar-refractivity contribution in [3.8, 4) is 6.07 Å². The van der Waals surface area contributed by atoms with Crippen LogP contribution in [-0.2, 0) is 17.8 Å². The molecule has 1 N–H and O–H groups in total. The lowest BCUT2D eigenvalue weighted by molar-refractivity contribution is 0.119. The number of methoxy groups -OCH3 is 1. The van der Waals surface area contributed by atoms with E-state index in [9.17, 15) is 4.39 Å². The molecular weight excluding hydrogens is 365 g/mol. The number of aromatic nitrogens is 1. The number of nitriles is 1. The van der Waals surface area contributed by atoms with E-state index in [0.29, 0.717) is 30.2 Å². The fraction of sp³-hybridized carbons (Fsp3) is 0.421. The largest absolute Gasteiger partial charge is 0.375 e. The number of ether oxygens (including phenoxy) is 1. The Morgan fingerprint density at radius 2 is 2.30 bits per heavy atom. The van der Waals surface area contributed by atoms with E-state index in [1.54, 1.807) is 18.4 Å². The second-order valence-corrected chi connectivity index (χ2v) is 6.89. The molecule has 1 unspecified atom stereocenters. The SMILES string of the molecule is CCNC(=NCc1cc(C#N)ccc1F)N(C)Cc1csc(C(C)OC)n1. The normalized spacial score (nSPS) is 12.5. The van der Waals surface area contributed by atoms with Crippen LogP contribution in [0.1, 0.15) is 41.8 Å². The fourth-order valence-corrected chi connectivity index (χ4v) is 3.24. The highest BCUT2D eigenvalue weighted by Gasteiger charge is 2.13. The molecule has 1 aromatic heterocycles. The summed E-state index contributed by atoms with van der Waals surface area (Å²) >= 11 is 1.56. The van der Waals surface area contributed by atoms with Crippen LogP contribution in [0.15, 0.2) is 28.6 Å². The van der Waals surface area contributed by atoms with Gasteiger partial charge in [-0.2, -0.15) is 5.26 Å². The summed E-state index contributed by atoms with van der Waals surface area (Å²) in [7, 11) is 3.57.